The number of thiophene rings is 1. The van der Waals surface area contributed by atoms with Gasteiger partial charge in [-0.2, -0.15) is 0 Å². The van der Waals surface area contributed by atoms with Crippen LogP contribution in [0.25, 0.3) is 0 Å². The highest BCUT2D eigenvalue weighted by molar-refractivity contribution is 7.13. The van der Waals surface area contributed by atoms with Crippen molar-refractivity contribution < 1.29 is 14.7 Å². The Morgan fingerprint density at radius 3 is 2.94 bits per heavy atom. The van der Waals surface area contributed by atoms with Gasteiger partial charge in [-0.25, -0.2) is 4.79 Å². The van der Waals surface area contributed by atoms with Gasteiger partial charge in [0.05, 0.1) is 11.4 Å². The normalized spacial score (nSPS) is 20.1. The van der Waals surface area contributed by atoms with Crippen LogP contribution < -0.4 is 10.6 Å². The predicted molar refractivity (Wildman–Crippen MR) is 66.8 cm³/mol. The zero-order valence-corrected chi connectivity index (χ0v) is 10.4. The first kappa shape index (κ1) is 11.9. The van der Waals surface area contributed by atoms with Crippen molar-refractivity contribution in [1.82, 2.24) is 0 Å². The molecule has 0 aromatic carbocycles. The number of carbonyl (C=O) groups excluding carboxylic acids is 1. The average molecular weight is 254 g/mol. The van der Waals surface area contributed by atoms with Gasteiger partial charge in [0.25, 0.3) is 0 Å². The van der Waals surface area contributed by atoms with Crippen LogP contribution in [0, 0.1) is 5.92 Å². The number of rotatable bonds is 3. The summed E-state index contributed by atoms with van der Waals surface area (Å²) in [7, 11) is 0. The number of hydrogen-bond acceptors (Lipinski definition) is 4. The van der Waals surface area contributed by atoms with E-state index in [1.54, 1.807) is 5.38 Å². The molecule has 2 atom stereocenters. The summed E-state index contributed by atoms with van der Waals surface area (Å²) in [6.07, 6.45) is 0.854. The van der Waals surface area contributed by atoms with E-state index >= 15 is 0 Å². The Morgan fingerprint density at radius 2 is 2.35 bits per heavy atom. The number of amides is 1. The van der Waals surface area contributed by atoms with Crippen LogP contribution in [-0.4, -0.2) is 23.0 Å². The molecule has 17 heavy (non-hydrogen) atoms. The smallest absolute Gasteiger partial charge is 0.348 e. The lowest BCUT2D eigenvalue weighted by Gasteiger charge is -2.29. The van der Waals surface area contributed by atoms with E-state index in [2.05, 4.69) is 10.6 Å². The molecule has 5 nitrogen and oxygen atoms in total. The van der Waals surface area contributed by atoms with E-state index in [0.717, 1.165) is 17.8 Å². The Kier molecular flexibility index (Phi) is 3.06. The van der Waals surface area contributed by atoms with E-state index < -0.39 is 5.97 Å². The molecule has 1 aliphatic heterocycles. The van der Waals surface area contributed by atoms with Gasteiger partial charge in [0.1, 0.15) is 10.9 Å². The highest BCUT2D eigenvalue weighted by Gasteiger charge is 2.32. The number of nitrogens with one attached hydrogen (secondary N) is 2. The van der Waals surface area contributed by atoms with Crippen LogP contribution in [0.15, 0.2) is 5.38 Å². The second-order valence-electron chi connectivity index (χ2n) is 4.16. The van der Waals surface area contributed by atoms with Crippen molar-refractivity contribution in [2.75, 3.05) is 10.6 Å². The Bertz CT molecular complexity index is 469. The van der Waals surface area contributed by atoms with Gasteiger partial charge in [0, 0.05) is 5.38 Å². The number of carboxylic acids is 1. The Labute approximate surface area is 103 Å². The first-order valence-corrected chi connectivity index (χ1v) is 6.34. The monoisotopic (exact) mass is 254 g/mol. The number of fused-ring (bicyclic) bond motifs is 1. The van der Waals surface area contributed by atoms with Gasteiger partial charge in [-0.3, -0.25) is 4.79 Å². The van der Waals surface area contributed by atoms with Gasteiger partial charge in [0.15, 0.2) is 0 Å². The zero-order valence-electron chi connectivity index (χ0n) is 9.61. The van der Waals surface area contributed by atoms with Gasteiger partial charge in [-0.05, 0) is 5.92 Å². The van der Waals surface area contributed by atoms with Crippen molar-refractivity contribution in [3.8, 4) is 0 Å². The van der Waals surface area contributed by atoms with Crippen molar-refractivity contribution in [2.45, 2.75) is 26.3 Å². The van der Waals surface area contributed by atoms with Crippen LogP contribution in [0.5, 0.6) is 0 Å². The highest BCUT2D eigenvalue weighted by Crippen LogP contribution is 2.37. The van der Waals surface area contributed by atoms with Crippen molar-refractivity contribution in [3.63, 3.8) is 0 Å². The number of carboxylic acid groups (broad SMARTS) is 1. The fourth-order valence-corrected chi connectivity index (χ4v) is 2.62. The summed E-state index contributed by atoms with van der Waals surface area (Å²) in [4.78, 5) is 23.1. The van der Waals surface area contributed by atoms with Gasteiger partial charge >= 0.3 is 5.97 Å². The molecule has 2 heterocycles. The van der Waals surface area contributed by atoms with E-state index in [4.69, 9.17) is 5.11 Å². The Balaban J connectivity index is 2.34. The van der Waals surface area contributed by atoms with Crippen molar-refractivity contribution in [1.29, 1.82) is 0 Å². The highest BCUT2D eigenvalue weighted by atomic mass is 32.1. The SMILES string of the molecule is CC[C@H](C)[C@@H]1Nc2c(csc2C(=O)O)NC1=O. The lowest BCUT2D eigenvalue weighted by atomic mass is 9.96. The summed E-state index contributed by atoms with van der Waals surface area (Å²) >= 11 is 1.12. The van der Waals surface area contributed by atoms with Crippen LogP contribution in [0.1, 0.15) is 29.9 Å². The van der Waals surface area contributed by atoms with Gasteiger partial charge in [-0.1, -0.05) is 20.3 Å². The molecule has 3 N–H and O–H groups in total. The lowest BCUT2D eigenvalue weighted by molar-refractivity contribution is -0.118. The zero-order chi connectivity index (χ0) is 12.6. The maximum absolute atomic E-state index is 11.8. The fraction of sp³-hybridized carbons (Fsp3) is 0.455. The third kappa shape index (κ3) is 2.00. The molecule has 1 aromatic rings. The average Bonchev–Trinajstić information content (AvgIpc) is 2.69. The number of aromatic carboxylic acids is 1. The topological polar surface area (TPSA) is 78.4 Å². The number of carbonyl (C=O) groups is 2. The molecule has 0 fully saturated rings. The van der Waals surface area contributed by atoms with Crippen LogP contribution in [0.2, 0.25) is 0 Å². The number of anilines is 2. The second kappa shape index (κ2) is 4.37. The molecular weight excluding hydrogens is 240 g/mol. The summed E-state index contributed by atoms with van der Waals surface area (Å²) in [5.41, 5.74) is 1.10. The lowest BCUT2D eigenvalue weighted by Crippen LogP contribution is -2.43. The molecule has 2 rings (SSSR count). The first-order valence-electron chi connectivity index (χ1n) is 5.46. The van der Waals surface area contributed by atoms with Crippen LogP contribution in [-0.2, 0) is 4.79 Å². The Morgan fingerprint density at radius 1 is 1.65 bits per heavy atom. The van der Waals surface area contributed by atoms with Crippen LogP contribution in [0.3, 0.4) is 0 Å². The molecule has 92 valence electrons. The van der Waals surface area contributed by atoms with E-state index in [-0.39, 0.29) is 22.7 Å². The molecule has 0 bridgehead atoms. The van der Waals surface area contributed by atoms with Gasteiger partial charge in [0.2, 0.25) is 5.91 Å². The summed E-state index contributed by atoms with van der Waals surface area (Å²) in [5, 5.41) is 16.5. The minimum absolute atomic E-state index is 0.0958. The summed E-state index contributed by atoms with van der Waals surface area (Å²) in [6, 6.07) is -0.361. The maximum atomic E-state index is 11.8. The number of hydrogen-bond donors (Lipinski definition) is 3. The second-order valence-corrected chi connectivity index (χ2v) is 5.04. The van der Waals surface area contributed by atoms with Crippen molar-refractivity contribution >= 4 is 34.6 Å². The van der Waals surface area contributed by atoms with Gasteiger partial charge < -0.3 is 15.7 Å². The predicted octanol–water partition coefficient (Wildman–Crippen LogP) is 2.22. The molecule has 1 aliphatic rings. The molecule has 6 heteroatoms. The molecule has 0 aliphatic carbocycles. The van der Waals surface area contributed by atoms with Gasteiger partial charge in [-0.15, -0.1) is 11.3 Å². The minimum Gasteiger partial charge on any atom is -0.477 e. The summed E-state index contributed by atoms with van der Waals surface area (Å²) in [6.45, 7) is 3.97. The molecule has 1 aromatic heterocycles. The van der Waals surface area contributed by atoms with Crippen LogP contribution in [0.4, 0.5) is 11.4 Å². The first-order chi connectivity index (χ1) is 8.04. The van der Waals surface area contributed by atoms with Crippen molar-refractivity contribution in [2.24, 2.45) is 5.92 Å². The largest absolute Gasteiger partial charge is 0.477 e. The third-order valence-corrected chi connectivity index (χ3v) is 4.01. The molecule has 0 saturated carbocycles. The molecular formula is C11H14N2O3S. The van der Waals surface area contributed by atoms with Crippen molar-refractivity contribution in [3.05, 3.63) is 10.3 Å². The Hall–Kier alpha value is -1.56. The molecule has 0 unspecified atom stereocenters. The maximum Gasteiger partial charge on any atom is 0.348 e. The quantitative estimate of drug-likeness (QED) is 0.773. The van der Waals surface area contributed by atoms with E-state index in [9.17, 15) is 9.59 Å². The van der Waals surface area contributed by atoms with E-state index in [0.29, 0.717) is 11.4 Å². The minimum atomic E-state index is -0.970. The van der Waals surface area contributed by atoms with E-state index in [1.165, 1.54) is 0 Å². The third-order valence-electron chi connectivity index (χ3n) is 3.04. The van der Waals surface area contributed by atoms with Crippen LogP contribution >= 0.6 is 11.3 Å². The molecule has 0 spiro atoms. The molecule has 0 saturated heterocycles. The summed E-state index contributed by atoms with van der Waals surface area (Å²) < 4.78 is 0. The molecule has 1 amide bonds. The standard InChI is InChI=1S/C11H14N2O3S/c1-3-5(2)7-10(14)12-6-4-17-9(11(15)16)8(6)13-7/h4-5,7,13H,3H2,1-2H3,(H,12,14)(H,15,16)/t5-,7-/m0/s1. The van der Waals surface area contributed by atoms with E-state index in [1.807, 2.05) is 13.8 Å². The fourth-order valence-electron chi connectivity index (χ4n) is 1.82. The molecule has 0 radical (unpaired) electrons. The summed E-state index contributed by atoms with van der Waals surface area (Å²) in [5.74, 6) is -0.908.